The van der Waals surface area contributed by atoms with Crippen LogP contribution in [0.15, 0.2) is 42.5 Å². The third kappa shape index (κ3) is 4.65. The van der Waals surface area contributed by atoms with E-state index in [1.54, 1.807) is 0 Å². The number of ether oxygens (including phenoxy) is 3. The number of likely N-dealkylation sites (N-methyl/N-ethyl adjacent to an activating group) is 1. The molecule has 0 saturated carbocycles. The lowest BCUT2D eigenvalue weighted by atomic mass is 10.1. The first-order valence-electron chi connectivity index (χ1n) is 10.1. The minimum atomic E-state index is -0.00897. The maximum Gasteiger partial charge on any atom is 0.227 e. The van der Waals surface area contributed by atoms with Gasteiger partial charge in [0, 0.05) is 25.1 Å². The van der Waals surface area contributed by atoms with Crippen molar-refractivity contribution in [1.82, 2.24) is 9.80 Å². The molecule has 2 aromatic rings. The van der Waals surface area contributed by atoms with Crippen molar-refractivity contribution in [3.8, 4) is 17.2 Å². The van der Waals surface area contributed by atoms with Crippen LogP contribution >= 0.6 is 0 Å². The molecule has 154 valence electrons. The Kier molecular flexibility index (Phi) is 5.90. The standard InChI is InChI=1S/C23H28N2O4/c1-24(2)15-19-16-29-20-7-4-3-6-18(20)14-25(19)23(26)13-17-8-9-21-22(12-17)28-11-5-10-27-21/h3-4,6-9,12,19H,5,10-11,13-16H2,1-2H3. The molecule has 1 atom stereocenters. The summed E-state index contributed by atoms with van der Waals surface area (Å²) in [6, 6.07) is 13.7. The van der Waals surface area contributed by atoms with E-state index in [2.05, 4.69) is 4.90 Å². The molecule has 0 aliphatic carbocycles. The normalized spacial score (nSPS) is 18.4. The molecule has 2 aromatic carbocycles. The maximum absolute atomic E-state index is 13.3. The van der Waals surface area contributed by atoms with Crippen molar-refractivity contribution in [2.75, 3.05) is 40.5 Å². The number of benzene rings is 2. The third-order valence-corrected chi connectivity index (χ3v) is 5.25. The van der Waals surface area contributed by atoms with Gasteiger partial charge in [-0.3, -0.25) is 4.79 Å². The molecule has 6 heteroatoms. The van der Waals surface area contributed by atoms with E-state index in [1.165, 1.54) is 0 Å². The lowest BCUT2D eigenvalue weighted by Crippen LogP contribution is -2.47. The zero-order valence-corrected chi connectivity index (χ0v) is 17.1. The van der Waals surface area contributed by atoms with Crippen molar-refractivity contribution in [3.05, 3.63) is 53.6 Å². The van der Waals surface area contributed by atoms with Crippen LogP contribution in [0.5, 0.6) is 17.2 Å². The van der Waals surface area contributed by atoms with Gasteiger partial charge in [-0.1, -0.05) is 24.3 Å². The molecule has 2 aliphatic rings. The van der Waals surface area contributed by atoms with Gasteiger partial charge in [-0.25, -0.2) is 0 Å². The zero-order valence-electron chi connectivity index (χ0n) is 17.1. The topological polar surface area (TPSA) is 51.2 Å². The summed E-state index contributed by atoms with van der Waals surface area (Å²) in [7, 11) is 4.04. The van der Waals surface area contributed by atoms with Crippen LogP contribution in [0.3, 0.4) is 0 Å². The highest BCUT2D eigenvalue weighted by atomic mass is 16.5. The van der Waals surface area contributed by atoms with Crippen LogP contribution in [0.25, 0.3) is 0 Å². The highest BCUT2D eigenvalue weighted by molar-refractivity contribution is 5.79. The smallest absolute Gasteiger partial charge is 0.227 e. The number of hydrogen-bond donors (Lipinski definition) is 0. The molecule has 2 aliphatic heterocycles. The van der Waals surface area contributed by atoms with Crippen molar-refractivity contribution in [2.24, 2.45) is 0 Å². The van der Waals surface area contributed by atoms with E-state index in [0.717, 1.165) is 41.3 Å². The van der Waals surface area contributed by atoms with Gasteiger partial charge in [0.25, 0.3) is 0 Å². The Bertz CT molecular complexity index is 868. The summed E-state index contributed by atoms with van der Waals surface area (Å²) in [5.74, 6) is 2.43. The number of rotatable bonds is 4. The van der Waals surface area contributed by atoms with Crippen LogP contribution in [-0.2, 0) is 17.8 Å². The van der Waals surface area contributed by atoms with Crippen LogP contribution in [0, 0.1) is 0 Å². The van der Waals surface area contributed by atoms with Gasteiger partial charge >= 0.3 is 0 Å². The summed E-state index contributed by atoms with van der Waals surface area (Å²) in [5.41, 5.74) is 1.97. The molecule has 0 aromatic heterocycles. The molecule has 0 radical (unpaired) electrons. The molecule has 0 bridgehead atoms. The van der Waals surface area contributed by atoms with Crippen LogP contribution in [0.4, 0.5) is 0 Å². The van der Waals surface area contributed by atoms with Crippen molar-refractivity contribution in [1.29, 1.82) is 0 Å². The molecule has 4 rings (SSSR count). The van der Waals surface area contributed by atoms with Gasteiger partial charge in [-0.15, -0.1) is 0 Å². The van der Waals surface area contributed by atoms with Gasteiger partial charge in [-0.2, -0.15) is 0 Å². The van der Waals surface area contributed by atoms with E-state index in [1.807, 2.05) is 61.5 Å². The first kappa shape index (κ1) is 19.6. The number of nitrogens with zero attached hydrogens (tertiary/aromatic N) is 2. The van der Waals surface area contributed by atoms with Gasteiger partial charge in [0.15, 0.2) is 11.5 Å². The Morgan fingerprint density at radius 3 is 2.66 bits per heavy atom. The van der Waals surface area contributed by atoms with Crippen LogP contribution in [-0.4, -0.2) is 62.2 Å². The van der Waals surface area contributed by atoms with Gasteiger partial charge in [0.2, 0.25) is 5.91 Å². The molecule has 2 heterocycles. The fraction of sp³-hybridized carbons (Fsp3) is 0.435. The van der Waals surface area contributed by atoms with Crippen molar-refractivity contribution >= 4 is 5.91 Å². The van der Waals surface area contributed by atoms with Gasteiger partial charge in [0.1, 0.15) is 12.4 Å². The summed E-state index contributed by atoms with van der Waals surface area (Å²) >= 11 is 0. The molecular formula is C23H28N2O4. The number of carbonyl (C=O) groups excluding carboxylic acids is 1. The summed E-state index contributed by atoms with van der Waals surface area (Å²) in [5, 5.41) is 0. The Morgan fingerprint density at radius 2 is 1.83 bits per heavy atom. The second-order valence-corrected chi connectivity index (χ2v) is 7.86. The van der Waals surface area contributed by atoms with E-state index >= 15 is 0 Å². The summed E-state index contributed by atoms with van der Waals surface area (Å²) in [6.45, 7) is 3.08. The SMILES string of the molecule is CN(C)CC1COc2ccccc2CN1C(=O)Cc1ccc2c(c1)OCCCO2. The van der Waals surface area contributed by atoms with Crippen LogP contribution in [0.2, 0.25) is 0 Å². The van der Waals surface area contributed by atoms with Crippen molar-refractivity contribution < 1.29 is 19.0 Å². The minimum absolute atomic E-state index is 0.00897. The van der Waals surface area contributed by atoms with E-state index < -0.39 is 0 Å². The Balaban J connectivity index is 1.55. The molecular weight excluding hydrogens is 368 g/mol. The molecule has 1 unspecified atom stereocenters. The predicted octanol–water partition coefficient (Wildman–Crippen LogP) is 2.74. The second-order valence-electron chi connectivity index (χ2n) is 7.86. The summed E-state index contributed by atoms with van der Waals surface area (Å²) in [4.78, 5) is 17.4. The minimum Gasteiger partial charge on any atom is -0.491 e. The lowest BCUT2D eigenvalue weighted by Gasteiger charge is -2.31. The van der Waals surface area contributed by atoms with Crippen LogP contribution in [0.1, 0.15) is 17.5 Å². The first-order chi connectivity index (χ1) is 14.1. The molecule has 0 fully saturated rings. The summed E-state index contributed by atoms with van der Waals surface area (Å²) in [6.07, 6.45) is 1.19. The van der Waals surface area contributed by atoms with E-state index in [9.17, 15) is 4.79 Å². The zero-order chi connectivity index (χ0) is 20.2. The predicted molar refractivity (Wildman–Crippen MR) is 111 cm³/mol. The largest absolute Gasteiger partial charge is 0.491 e. The van der Waals surface area contributed by atoms with Crippen molar-refractivity contribution in [3.63, 3.8) is 0 Å². The average Bonchev–Trinajstić information content (AvgIpc) is 3.04. The number of amides is 1. The maximum atomic E-state index is 13.3. The first-order valence-corrected chi connectivity index (χ1v) is 10.1. The van der Waals surface area contributed by atoms with E-state index in [4.69, 9.17) is 14.2 Å². The Morgan fingerprint density at radius 1 is 1.03 bits per heavy atom. The average molecular weight is 396 g/mol. The van der Waals surface area contributed by atoms with Crippen LogP contribution < -0.4 is 14.2 Å². The van der Waals surface area contributed by atoms with Gasteiger partial charge in [-0.05, 0) is 37.9 Å². The number of carbonyl (C=O) groups is 1. The van der Waals surface area contributed by atoms with Crippen molar-refractivity contribution in [2.45, 2.75) is 25.4 Å². The fourth-order valence-corrected chi connectivity index (χ4v) is 3.82. The molecule has 29 heavy (non-hydrogen) atoms. The molecule has 0 spiro atoms. The quantitative estimate of drug-likeness (QED) is 0.796. The molecule has 1 amide bonds. The summed E-state index contributed by atoms with van der Waals surface area (Å²) < 4.78 is 17.5. The molecule has 0 N–H and O–H groups in total. The molecule has 6 nitrogen and oxygen atoms in total. The lowest BCUT2D eigenvalue weighted by molar-refractivity contribution is -0.134. The number of para-hydroxylation sites is 1. The number of fused-ring (bicyclic) bond motifs is 2. The van der Waals surface area contributed by atoms with E-state index in [-0.39, 0.29) is 11.9 Å². The van der Waals surface area contributed by atoms with Gasteiger partial charge in [0.05, 0.1) is 25.7 Å². The third-order valence-electron chi connectivity index (χ3n) is 5.25. The Labute approximate surface area is 172 Å². The molecule has 0 saturated heterocycles. The van der Waals surface area contributed by atoms with E-state index in [0.29, 0.717) is 32.8 Å². The Hall–Kier alpha value is -2.73. The fourth-order valence-electron chi connectivity index (χ4n) is 3.82. The monoisotopic (exact) mass is 396 g/mol. The second kappa shape index (κ2) is 8.74. The highest BCUT2D eigenvalue weighted by Gasteiger charge is 2.29. The highest BCUT2D eigenvalue weighted by Crippen LogP contribution is 2.31. The van der Waals surface area contributed by atoms with Gasteiger partial charge < -0.3 is 24.0 Å². The number of hydrogen-bond acceptors (Lipinski definition) is 5.